The van der Waals surface area contributed by atoms with Crippen LogP contribution in [0.5, 0.6) is 17.2 Å². The lowest BCUT2D eigenvalue weighted by Crippen LogP contribution is -1.93. The van der Waals surface area contributed by atoms with E-state index in [-0.39, 0.29) is 0 Å². The van der Waals surface area contributed by atoms with Gasteiger partial charge < -0.3 is 14.2 Å². The van der Waals surface area contributed by atoms with Crippen molar-refractivity contribution < 1.29 is 14.2 Å². The minimum absolute atomic E-state index is 0.627. The predicted octanol–water partition coefficient (Wildman–Crippen LogP) is 1.21. The summed E-state index contributed by atoms with van der Waals surface area (Å²) in [5.74, 6) is 1.98. The molecule has 0 amide bonds. The standard InChI is InChI=1S/C9H12O3.C2H6Si/c1-10-7-5-4-6-8(11-2)9(7)12-3;1-2-3/h4-6H,1-3H3;2H,1H2,3H3. The minimum Gasteiger partial charge on any atom is -0.493 e. The second-order valence-electron chi connectivity index (χ2n) is 2.60. The summed E-state index contributed by atoms with van der Waals surface area (Å²) in [5, 5.41) is 0. The molecule has 1 aromatic carbocycles. The van der Waals surface area contributed by atoms with Crippen LogP contribution in [0.15, 0.2) is 30.5 Å². The second kappa shape index (κ2) is 7.93. The van der Waals surface area contributed by atoms with Crippen molar-refractivity contribution in [3.63, 3.8) is 0 Å². The third-order valence-corrected chi connectivity index (χ3v) is 1.59. The van der Waals surface area contributed by atoms with Gasteiger partial charge in [-0.15, -0.1) is 12.3 Å². The lowest BCUT2D eigenvalue weighted by atomic mass is 10.3. The van der Waals surface area contributed by atoms with Gasteiger partial charge in [-0.1, -0.05) is 6.07 Å². The second-order valence-corrected chi connectivity index (χ2v) is 3.42. The first kappa shape index (κ1) is 13.6. The molecule has 84 valence electrons. The van der Waals surface area contributed by atoms with E-state index < -0.39 is 0 Å². The van der Waals surface area contributed by atoms with Crippen LogP contribution in [0.3, 0.4) is 0 Å². The summed E-state index contributed by atoms with van der Waals surface area (Å²) >= 11 is 0. The maximum absolute atomic E-state index is 5.11. The average molecular weight is 226 g/mol. The highest BCUT2D eigenvalue weighted by molar-refractivity contribution is 6.16. The molecule has 0 unspecified atom stereocenters. The summed E-state index contributed by atoms with van der Waals surface area (Å²) in [7, 11) is 5.91. The van der Waals surface area contributed by atoms with Crippen LogP contribution in [0.2, 0.25) is 0 Å². The first-order valence-electron chi connectivity index (χ1n) is 4.57. The van der Waals surface area contributed by atoms with Gasteiger partial charge in [0, 0.05) is 10.2 Å². The molecule has 4 heteroatoms. The summed E-state index contributed by atoms with van der Waals surface area (Å²) in [6, 6.07) is 5.49. The fourth-order valence-corrected chi connectivity index (χ4v) is 1.02. The highest BCUT2D eigenvalue weighted by Gasteiger charge is 2.08. The van der Waals surface area contributed by atoms with Crippen molar-refractivity contribution >= 4 is 10.2 Å². The van der Waals surface area contributed by atoms with Crippen molar-refractivity contribution in [1.29, 1.82) is 0 Å². The Hall–Kier alpha value is -1.42. The van der Waals surface area contributed by atoms with Crippen LogP contribution in [0, 0.1) is 0 Å². The van der Waals surface area contributed by atoms with Crippen LogP contribution in [0.1, 0.15) is 0 Å². The predicted molar refractivity (Wildman–Crippen MR) is 66.2 cm³/mol. The number of ether oxygens (including phenoxy) is 3. The molecule has 0 aromatic heterocycles. The first-order chi connectivity index (χ1) is 7.24. The van der Waals surface area contributed by atoms with Gasteiger partial charge in [0.15, 0.2) is 11.5 Å². The normalized spacial score (nSPS) is 8.47. The molecule has 0 fully saturated rings. The number of rotatable bonds is 3. The van der Waals surface area contributed by atoms with E-state index in [2.05, 4.69) is 6.58 Å². The molecule has 0 saturated heterocycles. The summed E-state index contributed by atoms with van der Waals surface area (Å²) in [5.41, 5.74) is 1.89. The summed E-state index contributed by atoms with van der Waals surface area (Å²) in [6.45, 7) is 3.42. The van der Waals surface area contributed by atoms with E-state index in [1.54, 1.807) is 21.3 Å². The minimum atomic E-state index is 0.627. The fourth-order valence-electron chi connectivity index (χ4n) is 1.02. The van der Waals surface area contributed by atoms with Gasteiger partial charge in [-0.3, -0.25) is 0 Å². The van der Waals surface area contributed by atoms with Crippen LogP contribution in [0.25, 0.3) is 0 Å². The van der Waals surface area contributed by atoms with E-state index in [4.69, 9.17) is 14.2 Å². The Balaban J connectivity index is 0.000000583. The van der Waals surface area contributed by atoms with Crippen molar-refractivity contribution in [1.82, 2.24) is 0 Å². The Morgan fingerprint density at radius 3 is 1.73 bits per heavy atom. The molecule has 0 aliphatic carbocycles. The zero-order valence-electron chi connectivity index (χ0n) is 9.74. The summed E-state index contributed by atoms with van der Waals surface area (Å²) in [4.78, 5) is 0. The van der Waals surface area contributed by atoms with Crippen molar-refractivity contribution in [2.75, 3.05) is 21.3 Å². The Bertz CT molecular complexity index is 278. The maximum atomic E-state index is 5.11. The van der Waals surface area contributed by atoms with Crippen LogP contribution in [0.4, 0.5) is 0 Å². The Morgan fingerprint density at radius 2 is 1.47 bits per heavy atom. The zero-order valence-corrected chi connectivity index (χ0v) is 11.7. The van der Waals surface area contributed by atoms with E-state index in [0.29, 0.717) is 17.2 Å². The molecule has 0 saturated carbocycles. The molecule has 1 rings (SSSR count). The molecule has 0 radical (unpaired) electrons. The Morgan fingerprint density at radius 1 is 1.07 bits per heavy atom. The molecule has 0 aliphatic heterocycles. The molecule has 0 spiro atoms. The zero-order chi connectivity index (χ0) is 11.7. The number of hydrogen-bond donors (Lipinski definition) is 0. The van der Waals surface area contributed by atoms with Crippen LogP contribution < -0.4 is 14.2 Å². The third kappa shape index (κ3) is 4.08. The average Bonchev–Trinajstić information content (AvgIpc) is 2.28. The summed E-state index contributed by atoms with van der Waals surface area (Å²) in [6.07, 6.45) is 0. The van der Waals surface area contributed by atoms with Gasteiger partial charge in [0.05, 0.1) is 21.3 Å². The topological polar surface area (TPSA) is 27.7 Å². The van der Waals surface area contributed by atoms with Gasteiger partial charge in [0.2, 0.25) is 5.75 Å². The number of methoxy groups -OCH3 is 3. The van der Waals surface area contributed by atoms with Gasteiger partial charge in [-0.25, -0.2) is 0 Å². The van der Waals surface area contributed by atoms with Crippen LogP contribution >= 0.6 is 0 Å². The molecule has 3 nitrogen and oxygen atoms in total. The largest absolute Gasteiger partial charge is 0.493 e. The SMILES string of the molecule is C=C[SiH3].COc1cccc(OC)c1OC. The van der Waals surface area contributed by atoms with Crippen molar-refractivity contribution in [2.45, 2.75) is 0 Å². The highest BCUT2D eigenvalue weighted by atomic mass is 28.1. The van der Waals surface area contributed by atoms with E-state index in [9.17, 15) is 0 Å². The molecule has 0 N–H and O–H groups in total. The van der Waals surface area contributed by atoms with Crippen LogP contribution in [-0.2, 0) is 0 Å². The van der Waals surface area contributed by atoms with E-state index in [0.717, 1.165) is 10.2 Å². The molecular weight excluding hydrogens is 208 g/mol. The molecule has 0 bridgehead atoms. The number of hydrogen-bond acceptors (Lipinski definition) is 3. The van der Waals surface area contributed by atoms with Gasteiger partial charge in [0.25, 0.3) is 0 Å². The summed E-state index contributed by atoms with van der Waals surface area (Å²) < 4.78 is 15.3. The Labute approximate surface area is 94.1 Å². The molecule has 15 heavy (non-hydrogen) atoms. The first-order valence-corrected chi connectivity index (χ1v) is 5.72. The monoisotopic (exact) mass is 226 g/mol. The third-order valence-electron chi connectivity index (χ3n) is 1.59. The fraction of sp³-hybridized carbons (Fsp3) is 0.273. The van der Waals surface area contributed by atoms with Crippen LogP contribution in [-0.4, -0.2) is 31.6 Å². The van der Waals surface area contributed by atoms with Crippen molar-refractivity contribution in [3.05, 3.63) is 30.5 Å². The van der Waals surface area contributed by atoms with Gasteiger partial charge >= 0.3 is 0 Å². The van der Waals surface area contributed by atoms with E-state index in [1.807, 2.05) is 23.9 Å². The molecule has 1 aromatic rings. The number of para-hydroxylation sites is 1. The van der Waals surface area contributed by atoms with E-state index in [1.165, 1.54) is 0 Å². The van der Waals surface area contributed by atoms with E-state index >= 15 is 0 Å². The van der Waals surface area contributed by atoms with Gasteiger partial charge in [0.1, 0.15) is 0 Å². The Kier molecular flexibility index (Phi) is 7.18. The van der Waals surface area contributed by atoms with Gasteiger partial charge in [-0.05, 0) is 12.1 Å². The van der Waals surface area contributed by atoms with Crippen molar-refractivity contribution in [3.8, 4) is 17.2 Å². The highest BCUT2D eigenvalue weighted by Crippen LogP contribution is 2.35. The van der Waals surface area contributed by atoms with Crippen molar-refractivity contribution in [2.24, 2.45) is 0 Å². The molecule has 0 heterocycles. The lowest BCUT2D eigenvalue weighted by molar-refractivity contribution is 0.324. The maximum Gasteiger partial charge on any atom is 0.203 e. The molecule has 0 atom stereocenters. The number of benzene rings is 1. The molecular formula is C11H18O3Si. The van der Waals surface area contributed by atoms with Gasteiger partial charge in [-0.2, -0.15) is 0 Å². The molecule has 0 aliphatic rings. The quantitative estimate of drug-likeness (QED) is 0.725. The smallest absolute Gasteiger partial charge is 0.203 e. The lowest BCUT2D eigenvalue weighted by Gasteiger charge is -2.10.